The van der Waals surface area contributed by atoms with Gasteiger partial charge >= 0.3 is 6.09 Å². The molecule has 1 aliphatic carbocycles. The number of aromatic nitrogens is 2. The number of ether oxygens (including phenoxy) is 3. The Morgan fingerprint density at radius 3 is 2.57 bits per heavy atom. The van der Waals surface area contributed by atoms with Gasteiger partial charge < -0.3 is 24.0 Å². The second kappa shape index (κ2) is 9.86. The summed E-state index contributed by atoms with van der Waals surface area (Å²) in [7, 11) is -1.20. The summed E-state index contributed by atoms with van der Waals surface area (Å²) in [4.78, 5) is 30.4. The van der Waals surface area contributed by atoms with Crippen LogP contribution in [0, 0.1) is 0 Å². The molecule has 0 aromatic carbocycles. The number of fused-ring (bicyclic) bond motifs is 1. The molecular formula is C25H42N4O5Si. The van der Waals surface area contributed by atoms with Crippen LogP contribution in [-0.4, -0.2) is 83.7 Å². The highest BCUT2D eigenvalue weighted by atomic mass is 28.3. The molecule has 0 N–H and O–H groups in total. The number of hydrogen-bond acceptors (Lipinski definition) is 6. The van der Waals surface area contributed by atoms with Gasteiger partial charge in [-0.25, -0.2) is 9.48 Å². The van der Waals surface area contributed by atoms with E-state index in [1.54, 1.807) is 4.90 Å². The van der Waals surface area contributed by atoms with E-state index in [9.17, 15) is 9.59 Å². The first-order chi connectivity index (χ1) is 16.4. The summed E-state index contributed by atoms with van der Waals surface area (Å²) >= 11 is 0. The summed E-state index contributed by atoms with van der Waals surface area (Å²) in [5.74, 6) is -0.0591. The van der Waals surface area contributed by atoms with Crippen molar-refractivity contribution in [3.63, 3.8) is 0 Å². The lowest BCUT2D eigenvalue weighted by Gasteiger charge is -2.31. The summed E-state index contributed by atoms with van der Waals surface area (Å²) in [6.07, 6.45) is 3.00. The molecule has 0 atom stereocenters. The molecule has 1 aromatic heterocycles. The highest BCUT2D eigenvalue weighted by Crippen LogP contribution is 2.44. The Kier molecular flexibility index (Phi) is 7.37. The third-order valence-corrected chi connectivity index (χ3v) is 8.59. The van der Waals surface area contributed by atoms with Crippen LogP contribution in [0.15, 0.2) is 0 Å². The molecule has 0 unspecified atom stereocenters. The van der Waals surface area contributed by atoms with Crippen molar-refractivity contribution in [1.82, 2.24) is 19.6 Å². The van der Waals surface area contributed by atoms with Crippen molar-refractivity contribution in [2.24, 2.45) is 0 Å². The van der Waals surface area contributed by atoms with Crippen molar-refractivity contribution in [3.8, 4) is 0 Å². The van der Waals surface area contributed by atoms with E-state index in [2.05, 4.69) is 19.6 Å². The average molecular weight is 507 g/mol. The van der Waals surface area contributed by atoms with Crippen LogP contribution in [0.3, 0.4) is 0 Å². The lowest BCUT2D eigenvalue weighted by Crippen LogP contribution is -2.45. The van der Waals surface area contributed by atoms with Crippen LogP contribution in [0.1, 0.15) is 61.8 Å². The molecule has 4 rings (SSSR count). The molecule has 9 nitrogen and oxygen atoms in total. The molecule has 35 heavy (non-hydrogen) atoms. The van der Waals surface area contributed by atoms with Gasteiger partial charge in [0.1, 0.15) is 12.3 Å². The van der Waals surface area contributed by atoms with Crippen LogP contribution in [-0.2, 0) is 33.9 Å². The number of hydrogen-bond donors (Lipinski definition) is 0. The molecule has 2 fully saturated rings. The number of nitrogens with zero attached hydrogens (tertiary/aromatic N) is 4. The highest BCUT2D eigenvalue weighted by molar-refractivity contribution is 6.76. The predicted octanol–water partition coefficient (Wildman–Crippen LogP) is 3.88. The van der Waals surface area contributed by atoms with Gasteiger partial charge in [0, 0.05) is 52.1 Å². The van der Waals surface area contributed by atoms with E-state index in [0.29, 0.717) is 58.3 Å². The van der Waals surface area contributed by atoms with Gasteiger partial charge in [0.15, 0.2) is 5.69 Å². The summed E-state index contributed by atoms with van der Waals surface area (Å²) in [5, 5.41) is 4.79. The van der Waals surface area contributed by atoms with E-state index < -0.39 is 13.7 Å². The van der Waals surface area contributed by atoms with Gasteiger partial charge in [0.05, 0.1) is 18.7 Å². The van der Waals surface area contributed by atoms with Crippen molar-refractivity contribution in [1.29, 1.82) is 0 Å². The standard InChI is InChI=1S/C25H42N4O5Si/c1-24(2,3)34-23(31)27-12-8-20-19(16-27)21(26-29(20)18-33-14-15-35(4,5)6)22(30)28-11-7-13-32-17-25(28)9-10-25/h7-18H2,1-6H3. The van der Waals surface area contributed by atoms with Crippen molar-refractivity contribution in [2.75, 3.05) is 32.9 Å². The Morgan fingerprint density at radius 1 is 1.17 bits per heavy atom. The molecule has 1 saturated carbocycles. The number of amides is 2. The third kappa shape index (κ3) is 6.27. The van der Waals surface area contributed by atoms with Gasteiger partial charge in [-0.05, 0) is 46.1 Å². The molecule has 1 saturated heterocycles. The van der Waals surface area contributed by atoms with Crippen LogP contribution in [0.4, 0.5) is 4.79 Å². The molecule has 0 bridgehead atoms. The second-order valence-corrected chi connectivity index (χ2v) is 18.0. The molecule has 3 aliphatic rings. The SMILES string of the molecule is CC(C)(C)OC(=O)N1CCc2c(c(C(=O)N3CCCOCC34CC4)nn2COCC[Si](C)(C)C)C1. The zero-order valence-corrected chi connectivity index (χ0v) is 23.3. The lowest BCUT2D eigenvalue weighted by molar-refractivity contribution is 0.0217. The average Bonchev–Trinajstić information content (AvgIpc) is 3.49. The predicted molar refractivity (Wildman–Crippen MR) is 135 cm³/mol. The number of carbonyl (C=O) groups excluding carboxylic acids is 2. The van der Waals surface area contributed by atoms with E-state index in [-0.39, 0.29) is 17.5 Å². The second-order valence-electron chi connectivity index (χ2n) is 12.4. The minimum absolute atomic E-state index is 0.0591. The molecule has 2 aliphatic heterocycles. The van der Waals surface area contributed by atoms with Crippen LogP contribution in [0.25, 0.3) is 0 Å². The zero-order chi connectivity index (χ0) is 25.4. The minimum atomic E-state index is -1.20. The maximum Gasteiger partial charge on any atom is 0.410 e. The Bertz CT molecular complexity index is 945. The van der Waals surface area contributed by atoms with Crippen molar-refractivity contribution in [3.05, 3.63) is 17.0 Å². The van der Waals surface area contributed by atoms with Crippen LogP contribution in [0.2, 0.25) is 25.7 Å². The third-order valence-electron chi connectivity index (χ3n) is 6.88. The Morgan fingerprint density at radius 2 is 1.91 bits per heavy atom. The fourth-order valence-electron chi connectivity index (χ4n) is 4.69. The normalized spacial score (nSPS) is 19.9. The summed E-state index contributed by atoms with van der Waals surface area (Å²) in [5.41, 5.74) is 1.47. The fourth-order valence-corrected chi connectivity index (χ4v) is 5.44. The molecule has 3 heterocycles. The summed E-state index contributed by atoms with van der Waals surface area (Å²) in [6.45, 7) is 16.3. The van der Waals surface area contributed by atoms with E-state index >= 15 is 0 Å². The van der Waals surface area contributed by atoms with Crippen LogP contribution >= 0.6 is 0 Å². The van der Waals surface area contributed by atoms with E-state index in [0.717, 1.165) is 36.6 Å². The first-order valence-electron chi connectivity index (χ1n) is 12.9. The van der Waals surface area contributed by atoms with Gasteiger partial charge in [-0.3, -0.25) is 4.79 Å². The van der Waals surface area contributed by atoms with Gasteiger partial charge in [-0.1, -0.05) is 19.6 Å². The smallest absolute Gasteiger partial charge is 0.410 e. The van der Waals surface area contributed by atoms with Gasteiger partial charge in [0.25, 0.3) is 5.91 Å². The minimum Gasteiger partial charge on any atom is -0.444 e. The van der Waals surface area contributed by atoms with Crippen LogP contribution in [0.5, 0.6) is 0 Å². The van der Waals surface area contributed by atoms with Gasteiger partial charge in [0.2, 0.25) is 0 Å². The Labute approximate surface area is 210 Å². The van der Waals surface area contributed by atoms with Gasteiger partial charge in [-0.15, -0.1) is 0 Å². The van der Waals surface area contributed by atoms with Crippen molar-refractivity contribution in [2.45, 2.75) is 96.6 Å². The Hall–Kier alpha value is -1.91. The van der Waals surface area contributed by atoms with Crippen molar-refractivity contribution >= 4 is 20.1 Å². The number of carbonyl (C=O) groups is 2. The quantitative estimate of drug-likeness (QED) is 0.430. The van der Waals surface area contributed by atoms with Crippen molar-refractivity contribution < 1.29 is 23.8 Å². The summed E-state index contributed by atoms with van der Waals surface area (Å²) < 4.78 is 19.2. The maximum atomic E-state index is 13.9. The van der Waals surface area contributed by atoms with E-state index in [4.69, 9.17) is 19.3 Å². The van der Waals surface area contributed by atoms with Gasteiger partial charge in [-0.2, -0.15) is 5.10 Å². The monoisotopic (exact) mass is 506 g/mol. The lowest BCUT2D eigenvalue weighted by atomic mass is 10.0. The molecule has 196 valence electrons. The highest BCUT2D eigenvalue weighted by Gasteiger charge is 2.52. The van der Waals surface area contributed by atoms with Crippen LogP contribution < -0.4 is 0 Å². The Balaban J connectivity index is 1.58. The molecule has 1 aromatic rings. The first-order valence-corrected chi connectivity index (χ1v) is 16.6. The molecular weight excluding hydrogens is 464 g/mol. The molecule has 1 spiro atoms. The fraction of sp³-hybridized carbons (Fsp3) is 0.800. The zero-order valence-electron chi connectivity index (χ0n) is 22.3. The molecule has 10 heteroatoms. The molecule has 2 amide bonds. The van der Waals surface area contributed by atoms with E-state index in [1.807, 2.05) is 30.4 Å². The summed E-state index contributed by atoms with van der Waals surface area (Å²) in [6, 6.07) is 1.07. The molecule has 0 radical (unpaired) electrons. The first kappa shape index (κ1) is 26.2. The maximum absolute atomic E-state index is 13.9. The number of rotatable bonds is 6. The largest absolute Gasteiger partial charge is 0.444 e. The van der Waals surface area contributed by atoms with E-state index in [1.165, 1.54) is 0 Å². The topological polar surface area (TPSA) is 86.1 Å².